The summed E-state index contributed by atoms with van der Waals surface area (Å²) in [5.74, 6) is 0. The Labute approximate surface area is 108 Å². The molecule has 1 rings (SSSR count). The summed E-state index contributed by atoms with van der Waals surface area (Å²) in [7, 11) is 2.06. The zero-order valence-electron chi connectivity index (χ0n) is 10.2. The first-order valence-corrected chi connectivity index (χ1v) is 6.28. The van der Waals surface area contributed by atoms with Gasteiger partial charge in [-0.05, 0) is 43.5 Å². The van der Waals surface area contributed by atoms with Crippen molar-refractivity contribution < 1.29 is 5.11 Å². The van der Waals surface area contributed by atoms with Crippen molar-refractivity contribution >= 4 is 22.9 Å². The largest absolute Gasteiger partial charge is 0.396 e. The zero-order valence-corrected chi connectivity index (χ0v) is 11.0. The Kier molecular flexibility index (Phi) is 5.94. The van der Waals surface area contributed by atoms with Gasteiger partial charge in [0.2, 0.25) is 0 Å². The quantitative estimate of drug-likeness (QED) is 0.575. The molecule has 0 aromatic heterocycles. The molecule has 0 spiro atoms. The molecule has 0 amide bonds. The molecular formula is C13H20N2OS. The van der Waals surface area contributed by atoms with E-state index in [1.807, 2.05) is 24.3 Å². The van der Waals surface area contributed by atoms with Crippen LogP contribution in [0.4, 0.5) is 5.69 Å². The number of rotatable bonds is 7. The predicted octanol–water partition coefficient (Wildman–Crippen LogP) is 1.92. The Morgan fingerprint density at radius 2 is 1.88 bits per heavy atom. The number of anilines is 1. The van der Waals surface area contributed by atoms with Gasteiger partial charge in [0.25, 0.3) is 0 Å². The first kappa shape index (κ1) is 13.9. The smallest absolute Gasteiger partial charge is 0.103 e. The van der Waals surface area contributed by atoms with Crippen molar-refractivity contribution in [3.8, 4) is 0 Å². The van der Waals surface area contributed by atoms with Crippen molar-refractivity contribution in [2.45, 2.75) is 19.3 Å². The van der Waals surface area contributed by atoms with Crippen LogP contribution in [0, 0.1) is 0 Å². The molecule has 3 N–H and O–H groups in total. The van der Waals surface area contributed by atoms with Crippen molar-refractivity contribution in [3.05, 3.63) is 29.8 Å². The topological polar surface area (TPSA) is 49.5 Å². The number of unbranched alkanes of at least 4 members (excludes halogenated alkanes) is 2. The van der Waals surface area contributed by atoms with Crippen molar-refractivity contribution in [2.75, 3.05) is 25.1 Å². The van der Waals surface area contributed by atoms with E-state index in [0.29, 0.717) is 4.99 Å². The van der Waals surface area contributed by atoms with Gasteiger partial charge < -0.3 is 15.7 Å². The highest BCUT2D eigenvalue weighted by molar-refractivity contribution is 7.80. The lowest BCUT2D eigenvalue weighted by atomic mass is 10.2. The normalized spacial score (nSPS) is 10.2. The molecular weight excluding hydrogens is 232 g/mol. The number of thiocarbonyl (C=S) groups is 1. The third-order valence-corrected chi connectivity index (χ3v) is 2.98. The molecule has 0 atom stereocenters. The van der Waals surface area contributed by atoms with Gasteiger partial charge in [-0.2, -0.15) is 0 Å². The molecule has 0 aliphatic heterocycles. The second-order valence-electron chi connectivity index (χ2n) is 4.12. The Morgan fingerprint density at radius 1 is 1.24 bits per heavy atom. The Morgan fingerprint density at radius 3 is 2.41 bits per heavy atom. The predicted molar refractivity (Wildman–Crippen MR) is 76.5 cm³/mol. The molecule has 0 aliphatic carbocycles. The molecule has 0 fully saturated rings. The molecule has 1 aromatic rings. The molecule has 1 aromatic carbocycles. The highest BCUT2D eigenvalue weighted by Crippen LogP contribution is 2.14. The van der Waals surface area contributed by atoms with Crippen LogP contribution >= 0.6 is 12.2 Å². The fraction of sp³-hybridized carbons (Fsp3) is 0.462. The Balaban J connectivity index is 2.46. The molecule has 0 unspecified atom stereocenters. The van der Waals surface area contributed by atoms with Gasteiger partial charge in [-0.15, -0.1) is 0 Å². The van der Waals surface area contributed by atoms with Gasteiger partial charge in [-0.1, -0.05) is 12.2 Å². The summed E-state index contributed by atoms with van der Waals surface area (Å²) in [6.07, 6.45) is 3.04. The number of nitrogens with zero attached hydrogens (tertiary/aromatic N) is 1. The van der Waals surface area contributed by atoms with Gasteiger partial charge in [0.05, 0.1) is 0 Å². The number of benzene rings is 1. The van der Waals surface area contributed by atoms with Gasteiger partial charge in [-0.25, -0.2) is 0 Å². The average Bonchev–Trinajstić information content (AvgIpc) is 2.34. The van der Waals surface area contributed by atoms with E-state index in [4.69, 9.17) is 23.1 Å². The van der Waals surface area contributed by atoms with E-state index < -0.39 is 0 Å². The minimum absolute atomic E-state index is 0.284. The lowest BCUT2D eigenvalue weighted by Crippen LogP contribution is -2.18. The lowest BCUT2D eigenvalue weighted by Gasteiger charge is -2.19. The number of aliphatic hydroxyl groups is 1. The van der Waals surface area contributed by atoms with Crippen molar-refractivity contribution in [1.82, 2.24) is 0 Å². The summed E-state index contributed by atoms with van der Waals surface area (Å²) in [5.41, 5.74) is 7.61. The van der Waals surface area contributed by atoms with Crippen LogP contribution in [0.2, 0.25) is 0 Å². The van der Waals surface area contributed by atoms with Crippen LogP contribution in [-0.2, 0) is 0 Å². The maximum absolute atomic E-state index is 8.69. The van der Waals surface area contributed by atoms with Crippen LogP contribution in [0.25, 0.3) is 0 Å². The molecule has 0 radical (unpaired) electrons. The summed E-state index contributed by atoms with van der Waals surface area (Å²) < 4.78 is 0. The Hall–Kier alpha value is -1.13. The van der Waals surface area contributed by atoms with E-state index in [0.717, 1.165) is 37.1 Å². The minimum Gasteiger partial charge on any atom is -0.396 e. The number of hydrogen-bond acceptors (Lipinski definition) is 3. The fourth-order valence-electron chi connectivity index (χ4n) is 1.65. The van der Waals surface area contributed by atoms with Crippen molar-refractivity contribution in [3.63, 3.8) is 0 Å². The minimum atomic E-state index is 0.284. The van der Waals surface area contributed by atoms with E-state index in [-0.39, 0.29) is 6.61 Å². The summed E-state index contributed by atoms with van der Waals surface area (Å²) in [6.45, 7) is 1.28. The zero-order chi connectivity index (χ0) is 12.7. The number of hydrogen-bond donors (Lipinski definition) is 2. The average molecular weight is 252 g/mol. The standard InChI is InChI=1S/C13H20N2OS/c1-15(9-3-2-4-10-16)12-7-5-11(6-8-12)13(14)17/h5-8,16H,2-4,9-10H2,1H3,(H2,14,17). The van der Waals surface area contributed by atoms with Gasteiger partial charge in [0.15, 0.2) is 0 Å². The van der Waals surface area contributed by atoms with Crippen LogP contribution in [0.5, 0.6) is 0 Å². The Bertz CT molecular complexity index is 351. The molecule has 0 heterocycles. The SMILES string of the molecule is CN(CCCCCO)c1ccc(C(N)=S)cc1. The molecule has 0 aliphatic rings. The molecule has 4 heteroatoms. The summed E-state index contributed by atoms with van der Waals surface area (Å²) in [4.78, 5) is 2.63. The van der Waals surface area contributed by atoms with Crippen molar-refractivity contribution in [2.24, 2.45) is 5.73 Å². The van der Waals surface area contributed by atoms with E-state index in [1.54, 1.807) is 0 Å². The van der Waals surface area contributed by atoms with E-state index in [2.05, 4.69) is 11.9 Å². The summed E-state index contributed by atoms with van der Waals surface area (Å²) in [6, 6.07) is 7.95. The van der Waals surface area contributed by atoms with Crippen LogP contribution in [-0.4, -0.2) is 30.3 Å². The van der Waals surface area contributed by atoms with E-state index in [1.165, 1.54) is 0 Å². The molecule has 94 valence electrons. The van der Waals surface area contributed by atoms with Gasteiger partial charge >= 0.3 is 0 Å². The van der Waals surface area contributed by atoms with Crippen LogP contribution in [0.1, 0.15) is 24.8 Å². The first-order valence-electron chi connectivity index (χ1n) is 5.87. The van der Waals surface area contributed by atoms with E-state index in [9.17, 15) is 0 Å². The molecule has 0 bridgehead atoms. The third-order valence-electron chi connectivity index (χ3n) is 2.74. The lowest BCUT2D eigenvalue weighted by molar-refractivity contribution is 0.283. The van der Waals surface area contributed by atoms with E-state index >= 15 is 0 Å². The maximum Gasteiger partial charge on any atom is 0.103 e. The third kappa shape index (κ3) is 4.71. The highest BCUT2D eigenvalue weighted by Gasteiger charge is 2.01. The summed E-state index contributed by atoms with van der Waals surface area (Å²) >= 11 is 4.91. The highest BCUT2D eigenvalue weighted by atomic mass is 32.1. The van der Waals surface area contributed by atoms with Crippen LogP contribution in [0.15, 0.2) is 24.3 Å². The number of nitrogens with two attached hydrogens (primary N) is 1. The first-order chi connectivity index (χ1) is 8.15. The second-order valence-corrected chi connectivity index (χ2v) is 4.56. The second kappa shape index (κ2) is 7.25. The van der Waals surface area contributed by atoms with Crippen LogP contribution in [0.3, 0.4) is 0 Å². The molecule has 17 heavy (non-hydrogen) atoms. The molecule has 0 saturated carbocycles. The van der Waals surface area contributed by atoms with Gasteiger partial charge in [-0.3, -0.25) is 0 Å². The van der Waals surface area contributed by atoms with Crippen molar-refractivity contribution in [1.29, 1.82) is 0 Å². The summed E-state index contributed by atoms with van der Waals surface area (Å²) in [5, 5.41) is 8.69. The fourth-order valence-corrected chi connectivity index (χ4v) is 1.78. The molecule has 3 nitrogen and oxygen atoms in total. The maximum atomic E-state index is 8.69. The monoisotopic (exact) mass is 252 g/mol. The number of aliphatic hydroxyl groups excluding tert-OH is 1. The molecule has 0 saturated heterocycles. The van der Waals surface area contributed by atoms with Crippen LogP contribution < -0.4 is 10.6 Å². The van der Waals surface area contributed by atoms with Gasteiger partial charge in [0, 0.05) is 31.5 Å². The van der Waals surface area contributed by atoms with Gasteiger partial charge in [0.1, 0.15) is 4.99 Å².